The van der Waals surface area contributed by atoms with E-state index < -0.39 is 0 Å². The molecule has 2 saturated heterocycles. The largest absolute Gasteiger partial charge is 0.378 e. The monoisotopic (exact) mass is 410 g/mol. The zero-order valence-electron chi connectivity index (χ0n) is 17.2. The fourth-order valence-corrected chi connectivity index (χ4v) is 4.31. The molecule has 158 valence electrons. The second kappa shape index (κ2) is 8.16. The van der Waals surface area contributed by atoms with E-state index >= 15 is 0 Å². The van der Waals surface area contributed by atoms with Crippen LogP contribution in [0.15, 0.2) is 24.3 Å². The van der Waals surface area contributed by atoms with Gasteiger partial charge in [0, 0.05) is 37.2 Å². The molecule has 1 aromatic carbocycles. The van der Waals surface area contributed by atoms with Crippen molar-refractivity contribution in [2.45, 2.75) is 32.4 Å². The van der Waals surface area contributed by atoms with Crippen molar-refractivity contribution in [1.29, 1.82) is 0 Å². The van der Waals surface area contributed by atoms with Gasteiger partial charge in [0.05, 0.1) is 31.4 Å². The van der Waals surface area contributed by atoms with Crippen molar-refractivity contribution in [1.82, 2.24) is 29.8 Å². The molecule has 3 aromatic rings. The first-order valence-corrected chi connectivity index (χ1v) is 10.5. The Morgan fingerprint density at radius 2 is 2.10 bits per heavy atom. The van der Waals surface area contributed by atoms with Crippen molar-refractivity contribution in [3.63, 3.8) is 0 Å². The molecule has 1 atom stereocenters. The molecule has 0 radical (unpaired) electrons. The number of carbonyl (C=O) groups is 1. The molecule has 2 aliphatic rings. The Morgan fingerprint density at radius 3 is 2.90 bits per heavy atom. The lowest BCUT2D eigenvalue weighted by atomic mass is 10.1. The summed E-state index contributed by atoms with van der Waals surface area (Å²) in [6.07, 6.45) is 2.09. The van der Waals surface area contributed by atoms with Gasteiger partial charge in [-0.15, -0.1) is 5.10 Å². The molecule has 0 spiro atoms. The molecule has 4 heterocycles. The zero-order valence-corrected chi connectivity index (χ0v) is 17.2. The molecular formula is C21H26N6O3. The van der Waals surface area contributed by atoms with Gasteiger partial charge in [-0.25, -0.2) is 4.79 Å². The van der Waals surface area contributed by atoms with Crippen molar-refractivity contribution < 1.29 is 14.3 Å². The summed E-state index contributed by atoms with van der Waals surface area (Å²) < 4.78 is 13.0. The van der Waals surface area contributed by atoms with E-state index in [0.29, 0.717) is 45.0 Å². The number of aromatic nitrogens is 4. The number of tetrazole rings is 1. The molecule has 0 N–H and O–H groups in total. The van der Waals surface area contributed by atoms with Crippen molar-refractivity contribution in [2.24, 2.45) is 0 Å². The van der Waals surface area contributed by atoms with Gasteiger partial charge in [-0.2, -0.15) is 4.52 Å². The molecule has 5 rings (SSSR count). The van der Waals surface area contributed by atoms with E-state index in [2.05, 4.69) is 40.6 Å². The predicted molar refractivity (Wildman–Crippen MR) is 110 cm³/mol. The molecule has 2 fully saturated rings. The Hall–Kier alpha value is -2.78. The number of aryl methyl sites for hydroxylation is 1. The molecule has 2 amide bonds. The minimum absolute atomic E-state index is 0.0174. The van der Waals surface area contributed by atoms with Gasteiger partial charge in [-0.3, -0.25) is 0 Å². The second-order valence-corrected chi connectivity index (χ2v) is 8.04. The number of morpholine rings is 1. The molecular weight excluding hydrogens is 384 g/mol. The molecule has 0 bridgehead atoms. The number of pyridine rings is 1. The highest BCUT2D eigenvalue weighted by atomic mass is 16.5. The van der Waals surface area contributed by atoms with Crippen molar-refractivity contribution in [3.05, 3.63) is 35.4 Å². The summed E-state index contributed by atoms with van der Waals surface area (Å²) in [4.78, 5) is 17.1. The van der Waals surface area contributed by atoms with Crippen molar-refractivity contribution in [2.75, 3.05) is 39.5 Å². The van der Waals surface area contributed by atoms with E-state index in [-0.39, 0.29) is 12.1 Å². The Balaban J connectivity index is 1.50. The van der Waals surface area contributed by atoms with Gasteiger partial charge in [0.15, 0.2) is 5.65 Å². The van der Waals surface area contributed by atoms with E-state index in [4.69, 9.17) is 9.47 Å². The summed E-state index contributed by atoms with van der Waals surface area (Å²) in [6, 6.07) is 8.32. The van der Waals surface area contributed by atoms with Gasteiger partial charge in [-0.05, 0) is 48.4 Å². The summed E-state index contributed by atoms with van der Waals surface area (Å²) in [5.74, 6) is 0. The Labute approximate surface area is 174 Å². The maximum Gasteiger partial charge on any atom is 0.320 e. The summed E-state index contributed by atoms with van der Waals surface area (Å²) in [7, 11) is 0. The third kappa shape index (κ3) is 3.70. The lowest BCUT2D eigenvalue weighted by Gasteiger charge is -2.34. The third-order valence-corrected chi connectivity index (χ3v) is 5.86. The number of ether oxygens (including phenoxy) is 2. The van der Waals surface area contributed by atoms with Gasteiger partial charge >= 0.3 is 6.03 Å². The Morgan fingerprint density at radius 1 is 1.23 bits per heavy atom. The van der Waals surface area contributed by atoms with Crippen LogP contribution in [0.2, 0.25) is 0 Å². The van der Waals surface area contributed by atoms with Crippen LogP contribution >= 0.6 is 0 Å². The second-order valence-electron chi connectivity index (χ2n) is 8.04. The minimum atomic E-state index is 0.0174. The first kappa shape index (κ1) is 19.2. The summed E-state index contributed by atoms with van der Waals surface area (Å²) in [5.41, 5.74) is 3.73. The number of rotatable bonds is 4. The van der Waals surface area contributed by atoms with Crippen LogP contribution in [-0.2, 0) is 16.0 Å². The van der Waals surface area contributed by atoms with Gasteiger partial charge < -0.3 is 19.3 Å². The van der Waals surface area contributed by atoms with E-state index in [1.807, 2.05) is 15.9 Å². The van der Waals surface area contributed by atoms with Crippen LogP contribution in [0.3, 0.4) is 0 Å². The van der Waals surface area contributed by atoms with Crippen LogP contribution in [0, 0.1) is 6.92 Å². The van der Waals surface area contributed by atoms with Crippen LogP contribution < -0.4 is 0 Å². The van der Waals surface area contributed by atoms with Crippen molar-refractivity contribution in [3.8, 4) is 0 Å². The number of hydrogen-bond acceptors (Lipinski definition) is 6. The van der Waals surface area contributed by atoms with Crippen LogP contribution in [0.1, 0.15) is 24.0 Å². The Kier molecular flexibility index (Phi) is 5.22. The highest BCUT2D eigenvalue weighted by Gasteiger charge is 2.28. The molecule has 2 aromatic heterocycles. The average Bonchev–Trinajstić information content (AvgIpc) is 3.45. The molecule has 9 nitrogen and oxygen atoms in total. The molecule has 2 aliphatic heterocycles. The maximum absolute atomic E-state index is 13.4. The number of carbonyl (C=O) groups excluding carboxylic acids is 1. The first-order chi connectivity index (χ1) is 14.7. The number of nitrogens with zero attached hydrogens (tertiary/aromatic N) is 6. The van der Waals surface area contributed by atoms with E-state index in [1.165, 1.54) is 5.56 Å². The summed E-state index contributed by atoms with van der Waals surface area (Å²) in [6.45, 7) is 6.20. The zero-order chi connectivity index (χ0) is 20.5. The Bertz CT molecular complexity index is 1060. The topological polar surface area (TPSA) is 85.1 Å². The average molecular weight is 410 g/mol. The lowest BCUT2D eigenvalue weighted by Crippen LogP contribution is -2.49. The highest BCUT2D eigenvalue weighted by Crippen LogP contribution is 2.23. The number of hydrogen-bond donors (Lipinski definition) is 0. The molecule has 0 unspecified atom stereocenters. The number of fused-ring (bicyclic) bond motifs is 3. The fourth-order valence-electron chi connectivity index (χ4n) is 4.31. The fraction of sp³-hybridized carbons (Fsp3) is 0.524. The van der Waals surface area contributed by atoms with Gasteiger partial charge in [0.1, 0.15) is 0 Å². The first-order valence-electron chi connectivity index (χ1n) is 10.5. The van der Waals surface area contributed by atoms with Gasteiger partial charge in [0.2, 0.25) is 0 Å². The summed E-state index contributed by atoms with van der Waals surface area (Å²) >= 11 is 0. The highest BCUT2D eigenvalue weighted by molar-refractivity contribution is 5.84. The molecule has 0 aliphatic carbocycles. The molecule has 0 saturated carbocycles. The summed E-state index contributed by atoms with van der Waals surface area (Å²) in [5, 5.41) is 13.4. The van der Waals surface area contributed by atoms with Gasteiger partial charge in [0.25, 0.3) is 0 Å². The number of amides is 2. The third-order valence-electron chi connectivity index (χ3n) is 5.86. The standard InChI is InChI=1S/C21H26N6O3/c1-15-4-5-19-16(11-15)12-17(20-22-23-24-27(19)20)13-26(14-18-3-2-8-30-18)21(28)25-6-9-29-10-7-25/h4-5,11-12,18H,2-3,6-10,13-14H2,1H3/t18-/m0/s1. The maximum atomic E-state index is 13.4. The van der Waals surface area contributed by atoms with E-state index in [0.717, 1.165) is 35.9 Å². The lowest BCUT2D eigenvalue weighted by molar-refractivity contribution is 0.0327. The smallest absolute Gasteiger partial charge is 0.320 e. The van der Waals surface area contributed by atoms with E-state index in [1.54, 1.807) is 4.52 Å². The SMILES string of the molecule is Cc1ccc2c(c1)cc(CN(C[C@@H]1CCCO1)C(=O)N1CCOCC1)c1nnnn12. The van der Waals surface area contributed by atoms with Crippen LogP contribution in [0.4, 0.5) is 4.79 Å². The number of urea groups is 1. The quantitative estimate of drug-likeness (QED) is 0.654. The molecule has 9 heteroatoms. The van der Waals surface area contributed by atoms with Crippen LogP contribution in [0.5, 0.6) is 0 Å². The normalized spacial score (nSPS) is 19.6. The van der Waals surface area contributed by atoms with E-state index in [9.17, 15) is 4.79 Å². The van der Waals surface area contributed by atoms with Crippen LogP contribution in [-0.4, -0.2) is 81.4 Å². The van der Waals surface area contributed by atoms with Crippen molar-refractivity contribution >= 4 is 22.6 Å². The molecule has 30 heavy (non-hydrogen) atoms. The predicted octanol–water partition coefficient (Wildman–Crippen LogP) is 2.02. The van der Waals surface area contributed by atoms with Gasteiger partial charge in [-0.1, -0.05) is 11.6 Å². The number of benzene rings is 1. The minimum Gasteiger partial charge on any atom is -0.378 e. The van der Waals surface area contributed by atoms with Crippen LogP contribution in [0.25, 0.3) is 16.6 Å².